The van der Waals surface area contributed by atoms with Gasteiger partial charge >= 0.3 is 0 Å². The van der Waals surface area contributed by atoms with Gasteiger partial charge in [-0.15, -0.1) is 11.6 Å². The molecule has 4 heteroatoms. The third-order valence-electron chi connectivity index (χ3n) is 4.64. The fourth-order valence-electron chi connectivity index (χ4n) is 3.27. The van der Waals surface area contributed by atoms with E-state index >= 15 is 0 Å². The summed E-state index contributed by atoms with van der Waals surface area (Å²) in [5.74, 6) is 0.813. The van der Waals surface area contributed by atoms with Crippen LogP contribution in [-0.2, 0) is 4.79 Å². The highest BCUT2D eigenvalue weighted by atomic mass is 35.5. The molecule has 78 valence electrons. The van der Waals surface area contributed by atoms with Crippen molar-refractivity contribution in [1.29, 1.82) is 5.53 Å². The molecular formula is C10H15ClN2O. The quantitative estimate of drug-likeness (QED) is 0.558. The van der Waals surface area contributed by atoms with Gasteiger partial charge in [-0.25, -0.2) is 5.53 Å². The molecule has 4 unspecified atom stereocenters. The van der Waals surface area contributed by atoms with Crippen LogP contribution in [0.1, 0.15) is 26.7 Å². The Bertz CT molecular complexity index is 306. The zero-order valence-electron chi connectivity index (χ0n) is 8.51. The number of halogens is 1. The number of Topliss-reactive ketones (excluding diaryl/α,β-unsaturated/α-hetero) is 1. The first-order chi connectivity index (χ1) is 6.51. The fraction of sp³-hybridized carbons (Fsp3) is 0.900. The van der Waals surface area contributed by atoms with Gasteiger partial charge in [-0.05, 0) is 24.2 Å². The Balaban J connectivity index is 2.49. The molecule has 0 aromatic carbocycles. The van der Waals surface area contributed by atoms with Gasteiger partial charge in [0.25, 0.3) is 0 Å². The maximum Gasteiger partial charge on any atom is 0.165 e. The Morgan fingerprint density at radius 3 is 2.64 bits per heavy atom. The largest absolute Gasteiger partial charge is 0.297 e. The molecule has 0 saturated heterocycles. The number of fused-ring (bicyclic) bond motifs is 2. The second kappa shape index (κ2) is 2.78. The standard InChI is InChI=1S/C10H15ClN2O/c1-9-4-3-6(10(9,2)5-11)7(13-12)8(9)14/h6-7,12H,3-5H2,1-2H3. The van der Waals surface area contributed by atoms with E-state index in [-0.39, 0.29) is 22.5 Å². The van der Waals surface area contributed by atoms with Crippen LogP contribution in [0.3, 0.4) is 0 Å². The van der Waals surface area contributed by atoms with Gasteiger partial charge < -0.3 is 0 Å². The van der Waals surface area contributed by atoms with E-state index in [1.807, 2.05) is 6.92 Å². The SMILES string of the molecule is CC12CCC(C(N=N)C1=O)C2(C)CCl. The summed E-state index contributed by atoms with van der Waals surface area (Å²) in [7, 11) is 0. The van der Waals surface area contributed by atoms with E-state index in [2.05, 4.69) is 12.0 Å². The minimum atomic E-state index is -0.419. The van der Waals surface area contributed by atoms with Gasteiger partial charge in [0, 0.05) is 11.3 Å². The first-order valence-electron chi connectivity index (χ1n) is 4.98. The number of carbonyl (C=O) groups is 1. The highest BCUT2D eigenvalue weighted by Crippen LogP contribution is 2.64. The van der Waals surface area contributed by atoms with Gasteiger partial charge in [0.15, 0.2) is 5.78 Å². The van der Waals surface area contributed by atoms with Crippen molar-refractivity contribution in [2.75, 3.05) is 5.88 Å². The Kier molecular flexibility index (Phi) is 2.01. The maximum absolute atomic E-state index is 12.0. The molecule has 0 spiro atoms. The zero-order chi connectivity index (χ0) is 10.6. The van der Waals surface area contributed by atoms with Crippen LogP contribution in [0, 0.1) is 22.3 Å². The lowest BCUT2D eigenvalue weighted by Gasteiger charge is -2.34. The average Bonchev–Trinajstić information content (AvgIpc) is 2.52. The molecule has 2 fully saturated rings. The first kappa shape index (κ1) is 10.1. The Hall–Kier alpha value is -0.440. The highest BCUT2D eigenvalue weighted by Gasteiger charge is 2.68. The van der Waals surface area contributed by atoms with Crippen molar-refractivity contribution in [3.05, 3.63) is 0 Å². The molecule has 0 aromatic heterocycles. The van der Waals surface area contributed by atoms with E-state index in [0.29, 0.717) is 5.88 Å². The lowest BCUT2D eigenvalue weighted by Crippen LogP contribution is -2.36. The van der Waals surface area contributed by atoms with Crippen molar-refractivity contribution in [2.24, 2.45) is 21.9 Å². The fourth-order valence-corrected chi connectivity index (χ4v) is 3.77. The Labute approximate surface area is 88.7 Å². The molecule has 2 rings (SSSR count). The zero-order valence-corrected chi connectivity index (χ0v) is 9.27. The Morgan fingerprint density at radius 2 is 2.29 bits per heavy atom. The van der Waals surface area contributed by atoms with E-state index in [4.69, 9.17) is 17.1 Å². The molecule has 1 N–H and O–H groups in total. The molecule has 2 aliphatic rings. The molecule has 2 aliphatic carbocycles. The minimum absolute atomic E-state index is 0.131. The summed E-state index contributed by atoms with van der Waals surface area (Å²) in [6.07, 6.45) is 1.89. The van der Waals surface area contributed by atoms with Crippen molar-refractivity contribution < 1.29 is 4.79 Å². The average molecular weight is 215 g/mol. The Morgan fingerprint density at radius 1 is 1.64 bits per heavy atom. The molecule has 0 aromatic rings. The van der Waals surface area contributed by atoms with Gasteiger partial charge in [0.1, 0.15) is 6.04 Å². The van der Waals surface area contributed by atoms with Gasteiger partial charge in [-0.3, -0.25) is 4.79 Å². The number of nitrogens with zero attached hydrogens (tertiary/aromatic N) is 1. The van der Waals surface area contributed by atoms with Crippen LogP contribution in [0.2, 0.25) is 0 Å². The topological polar surface area (TPSA) is 53.3 Å². The van der Waals surface area contributed by atoms with Crippen molar-refractivity contribution in [2.45, 2.75) is 32.7 Å². The molecule has 3 nitrogen and oxygen atoms in total. The lowest BCUT2D eigenvalue weighted by atomic mass is 9.70. The second-order valence-corrected chi connectivity index (χ2v) is 5.23. The van der Waals surface area contributed by atoms with Gasteiger partial charge in [-0.1, -0.05) is 13.8 Å². The molecule has 0 heterocycles. The number of hydrogen-bond donors (Lipinski definition) is 1. The summed E-state index contributed by atoms with van der Waals surface area (Å²) in [6.45, 7) is 4.06. The van der Waals surface area contributed by atoms with Crippen LogP contribution in [-0.4, -0.2) is 17.7 Å². The van der Waals surface area contributed by atoms with Crippen LogP contribution in [0.5, 0.6) is 0 Å². The summed E-state index contributed by atoms with van der Waals surface area (Å²) >= 11 is 6.00. The number of carbonyl (C=O) groups excluding carboxylic acids is 1. The molecule has 0 radical (unpaired) electrons. The van der Waals surface area contributed by atoms with Crippen molar-refractivity contribution >= 4 is 17.4 Å². The van der Waals surface area contributed by atoms with E-state index in [1.54, 1.807) is 0 Å². The predicted molar refractivity (Wildman–Crippen MR) is 53.6 cm³/mol. The number of hydrogen-bond acceptors (Lipinski definition) is 3. The first-order valence-corrected chi connectivity index (χ1v) is 5.51. The van der Waals surface area contributed by atoms with Crippen LogP contribution in [0.4, 0.5) is 0 Å². The molecular weight excluding hydrogens is 200 g/mol. The second-order valence-electron chi connectivity index (χ2n) is 4.97. The summed E-state index contributed by atoms with van der Waals surface area (Å²) in [6, 6.07) is -0.419. The summed E-state index contributed by atoms with van der Waals surface area (Å²) in [5, 5.41) is 3.48. The normalized spacial score (nSPS) is 51.2. The molecule has 0 amide bonds. The summed E-state index contributed by atoms with van der Waals surface area (Å²) in [5.41, 5.74) is 6.59. The van der Waals surface area contributed by atoms with E-state index in [0.717, 1.165) is 12.8 Å². The predicted octanol–water partition coefficient (Wildman–Crippen LogP) is 2.63. The van der Waals surface area contributed by atoms with Crippen LogP contribution in [0.15, 0.2) is 5.11 Å². The van der Waals surface area contributed by atoms with E-state index in [1.165, 1.54) is 0 Å². The van der Waals surface area contributed by atoms with Crippen LogP contribution in [0.25, 0.3) is 0 Å². The molecule has 4 atom stereocenters. The van der Waals surface area contributed by atoms with E-state index < -0.39 is 6.04 Å². The maximum atomic E-state index is 12.0. The van der Waals surface area contributed by atoms with Crippen LogP contribution >= 0.6 is 11.6 Å². The van der Waals surface area contributed by atoms with Gasteiger partial charge in [0.05, 0.1) is 0 Å². The molecule has 2 bridgehead atoms. The molecule has 2 saturated carbocycles. The molecule has 14 heavy (non-hydrogen) atoms. The third-order valence-corrected chi connectivity index (χ3v) is 5.20. The molecule has 0 aliphatic heterocycles. The smallest absolute Gasteiger partial charge is 0.165 e. The lowest BCUT2D eigenvalue weighted by molar-refractivity contribution is -0.129. The van der Waals surface area contributed by atoms with Crippen molar-refractivity contribution in [3.63, 3.8) is 0 Å². The highest BCUT2D eigenvalue weighted by molar-refractivity contribution is 6.19. The van der Waals surface area contributed by atoms with E-state index in [9.17, 15) is 4.79 Å². The summed E-state index contributed by atoms with van der Waals surface area (Å²) < 4.78 is 0. The number of nitrogens with one attached hydrogen (secondary N) is 1. The number of rotatable bonds is 2. The van der Waals surface area contributed by atoms with Crippen molar-refractivity contribution in [3.8, 4) is 0 Å². The number of ketones is 1. The number of alkyl halides is 1. The van der Waals surface area contributed by atoms with Crippen molar-refractivity contribution in [1.82, 2.24) is 0 Å². The van der Waals surface area contributed by atoms with Gasteiger partial charge in [-0.2, -0.15) is 5.11 Å². The third kappa shape index (κ3) is 0.824. The minimum Gasteiger partial charge on any atom is -0.297 e. The monoisotopic (exact) mass is 214 g/mol. The van der Waals surface area contributed by atoms with Gasteiger partial charge in [0.2, 0.25) is 0 Å². The summed E-state index contributed by atoms with van der Waals surface area (Å²) in [4.78, 5) is 12.0. The van der Waals surface area contributed by atoms with Crippen LogP contribution < -0.4 is 0 Å².